The zero-order chi connectivity index (χ0) is 65.0. The largest absolute Gasteiger partial charge is 0.507 e. The van der Waals surface area contributed by atoms with Gasteiger partial charge >= 0.3 is 11.9 Å². The van der Waals surface area contributed by atoms with Gasteiger partial charge in [0.05, 0.1) is 19.8 Å². The number of carbonyl (C=O) groups is 4. The van der Waals surface area contributed by atoms with Gasteiger partial charge in [-0.15, -0.1) is 0 Å². The summed E-state index contributed by atoms with van der Waals surface area (Å²) < 4.78 is 17.3. The van der Waals surface area contributed by atoms with Crippen molar-refractivity contribution in [2.45, 2.75) is 280 Å². The Bertz CT molecular complexity index is 2930. The third-order valence-electron chi connectivity index (χ3n) is 16.7. The molecule has 12 nitrogen and oxygen atoms in total. The maximum atomic E-state index is 13.3. The number of aryl methyl sites for hydroxylation is 5. The molecular weight excluding hydrogens is 1080 g/mol. The molecule has 0 fully saturated rings. The van der Waals surface area contributed by atoms with Crippen LogP contribution in [0.15, 0.2) is 48.5 Å². The summed E-state index contributed by atoms with van der Waals surface area (Å²) in [5.74, 6) is 0.642. The van der Waals surface area contributed by atoms with Gasteiger partial charge in [-0.2, -0.15) is 0 Å². The normalized spacial score (nSPS) is 12.7. The van der Waals surface area contributed by atoms with Gasteiger partial charge < -0.3 is 29.5 Å². The summed E-state index contributed by atoms with van der Waals surface area (Å²) in [6.07, 6.45) is 7.95. The Morgan fingerprint density at radius 3 is 1.00 bits per heavy atom. The molecule has 0 radical (unpaired) electrons. The van der Waals surface area contributed by atoms with Crippen LogP contribution in [0.2, 0.25) is 0 Å². The van der Waals surface area contributed by atoms with Crippen molar-refractivity contribution < 1.29 is 48.7 Å². The van der Waals surface area contributed by atoms with E-state index < -0.39 is 16.2 Å². The molecule has 2 amide bonds. The van der Waals surface area contributed by atoms with Crippen molar-refractivity contribution in [3.8, 4) is 23.0 Å². The highest BCUT2D eigenvalue weighted by atomic mass is 16.5. The first kappa shape index (κ1) is 72.4. The quantitative estimate of drug-likeness (QED) is 0.0219. The molecule has 4 rings (SSSR count). The molecule has 0 unspecified atom stereocenters. The molecule has 0 atom stereocenters. The van der Waals surface area contributed by atoms with Gasteiger partial charge in [0.25, 0.3) is 0 Å². The van der Waals surface area contributed by atoms with Crippen molar-refractivity contribution in [1.29, 1.82) is 0 Å². The summed E-state index contributed by atoms with van der Waals surface area (Å²) in [5.41, 5.74) is 13.9. The first-order chi connectivity index (χ1) is 39.6. The predicted octanol–water partition coefficient (Wildman–Crippen LogP) is 16.2. The van der Waals surface area contributed by atoms with Gasteiger partial charge in [0.2, 0.25) is 11.8 Å². The van der Waals surface area contributed by atoms with Gasteiger partial charge in [-0.1, -0.05) is 187 Å². The minimum absolute atomic E-state index is 0.129. The summed E-state index contributed by atoms with van der Waals surface area (Å²) in [5, 5.41) is 35.1. The number of aromatic hydroxyl groups is 3. The van der Waals surface area contributed by atoms with Crippen molar-refractivity contribution in [3.63, 3.8) is 0 Å². The number of carbonyl (C=O) groups excluding carboxylic acids is 4. The van der Waals surface area contributed by atoms with Gasteiger partial charge in [-0.25, -0.2) is 0 Å². The summed E-state index contributed by atoms with van der Waals surface area (Å²) in [4.78, 5) is 52.1. The maximum Gasteiger partial charge on any atom is 0.306 e. The van der Waals surface area contributed by atoms with Crippen LogP contribution in [-0.4, -0.2) is 58.9 Å². The average molecular weight is 1190 g/mol. The lowest BCUT2D eigenvalue weighted by atomic mass is 9.69. The van der Waals surface area contributed by atoms with Crippen LogP contribution in [0, 0.1) is 0 Å². The van der Waals surface area contributed by atoms with Crippen molar-refractivity contribution in [1.82, 2.24) is 10.9 Å². The van der Waals surface area contributed by atoms with Crippen LogP contribution in [0.1, 0.15) is 276 Å². The smallest absolute Gasteiger partial charge is 0.306 e. The number of phenolic OH excluding ortho intramolecular Hbond substituents is 3. The van der Waals surface area contributed by atoms with E-state index in [-0.39, 0.29) is 82.6 Å². The van der Waals surface area contributed by atoms with Crippen LogP contribution in [0.3, 0.4) is 0 Å². The van der Waals surface area contributed by atoms with Crippen LogP contribution in [0.4, 0.5) is 0 Å². The molecule has 12 heteroatoms. The second kappa shape index (κ2) is 29.8. The van der Waals surface area contributed by atoms with E-state index in [1.165, 1.54) is 0 Å². The van der Waals surface area contributed by atoms with E-state index in [0.29, 0.717) is 70.5 Å². The number of benzene rings is 4. The minimum atomic E-state index is -0.524. The Balaban J connectivity index is 1.32. The lowest BCUT2D eigenvalue weighted by molar-refractivity contribution is -0.145. The molecule has 0 aliphatic heterocycles. The zero-order valence-electron chi connectivity index (χ0n) is 57.0. The van der Waals surface area contributed by atoms with Gasteiger partial charge in [-0.3, -0.25) is 30.0 Å². The van der Waals surface area contributed by atoms with Crippen LogP contribution in [-0.2, 0) is 98.7 Å². The molecule has 0 aliphatic carbocycles. The molecule has 478 valence electrons. The number of ether oxygens (including phenoxy) is 3. The van der Waals surface area contributed by atoms with Gasteiger partial charge in [0.1, 0.15) is 23.0 Å². The molecule has 0 aromatic heterocycles. The average Bonchev–Trinajstić information content (AvgIpc) is 1.17. The first-order valence-electron chi connectivity index (χ1n) is 31.9. The third-order valence-corrected chi connectivity index (χ3v) is 16.7. The van der Waals surface area contributed by atoms with Gasteiger partial charge in [-0.05, 0) is 166 Å². The van der Waals surface area contributed by atoms with Gasteiger partial charge in [0.15, 0.2) is 0 Å². The van der Waals surface area contributed by atoms with E-state index in [2.05, 4.69) is 161 Å². The Morgan fingerprint density at radius 2 is 0.686 bits per heavy atom. The Labute approximate surface area is 518 Å². The van der Waals surface area contributed by atoms with E-state index >= 15 is 0 Å². The van der Waals surface area contributed by atoms with E-state index in [0.717, 1.165) is 98.2 Å². The van der Waals surface area contributed by atoms with E-state index in [1.807, 2.05) is 43.3 Å². The zero-order valence-corrected chi connectivity index (χ0v) is 57.0. The number of hydrogen-bond donors (Lipinski definition) is 5. The maximum absolute atomic E-state index is 13.3. The fourth-order valence-corrected chi connectivity index (χ4v) is 11.1. The molecule has 0 aliphatic rings. The number of esters is 2. The molecule has 0 spiro atoms. The third kappa shape index (κ3) is 21.1. The fourth-order valence-electron chi connectivity index (χ4n) is 11.1. The first-order valence-corrected chi connectivity index (χ1v) is 31.9. The van der Waals surface area contributed by atoms with E-state index in [4.69, 9.17) is 14.2 Å². The van der Waals surface area contributed by atoms with Crippen LogP contribution in [0.5, 0.6) is 23.0 Å². The minimum Gasteiger partial charge on any atom is -0.507 e. The molecule has 0 bridgehead atoms. The number of hydrogen-bond acceptors (Lipinski definition) is 10. The molecule has 86 heavy (non-hydrogen) atoms. The van der Waals surface area contributed by atoms with Crippen LogP contribution in [0.25, 0.3) is 0 Å². The highest BCUT2D eigenvalue weighted by Gasteiger charge is 2.35. The number of nitrogens with one attached hydrogen (secondary N) is 2. The lowest BCUT2D eigenvalue weighted by Crippen LogP contribution is -2.41. The topological polar surface area (TPSA) is 181 Å². The van der Waals surface area contributed by atoms with E-state index in [9.17, 15) is 34.5 Å². The molecule has 0 saturated heterocycles. The fraction of sp³-hybridized carbons (Fsp3) is 0.622. The molecular formula is C74H112N2O10. The number of unbranched alkanes of at least 4 members (excludes halogenated alkanes) is 3. The molecule has 4 aromatic carbocycles. The predicted molar refractivity (Wildman–Crippen MR) is 350 cm³/mol. The van der Waals surface area contributed by atoms with Crippen LogP contribution >= 0.6 is 0 Å². The number of phenols is 3. The molecule has 4 aromatic rings. The monoisotopic (exact) mass is 1190 g/mol. The number of rotatable bonds is 27. The second-order valence-electron chi connectivity index (χ2n) is 30.5. The summed E-state index contributed by atoms with van der Waals surface area (Å²) in [6.45, 7) is 45.2. The Morgan fingerprint density at radius 1 is 0.395 bits per heavy atom. The van der Waals surface area contributed by atoms with Crippen molar-refractivity contribution >= 4 is 23.8 Å². The van der Waals surface area contributed by atoms with Crippen LogP contribution < -0.4 is 15.6 Å². The molecule has 0 heterocycles. The molecule has 0 saturated carbocycles. The highest BCUT2D eigenvalue weighted by Crippen LogP contribution is 2.47. The standard InChI is InChI=1S/C74H112N2O10/c1-22-52-40-48(47-59(72(15,16)17)67(52)84-23-2)28-32-60(77)75-76-61(78)33-29-49-41-55(70(9,10)11)65(82)57(45-49)73(18,19)36-37-74(20,21)58-46-51(44-56(66(58)83)71(12,13)14)31-35-63(80)86-39-27-25-24-26-38-85-62(79)34-30-50-42-53(68(3,4)5)64(81)54(43-50)69(6,7)8/h40-47,81-83H,22-39H2,1-21H3,(H,75,77)(H,76,78). The van der Waals surface area contributed by atoms with Crippen molar-refractivity contribution in [3.05, 3.63) is 115 Å². The van der Waals surface area contributed by atoms with Crippen molar-refractivity contribution in [2.75, 3.05) is 19.8 Å². The van der Waals surface area contributed by atoms with E-state index in [1.54, 1.807) is 0 Å². The molecule has 5 N–H and O–H groups in total. The summed E-state index contributed by atoms with van der Waals surface area (Å²) >= 11 is 0. The lowest BCUT2D eigenvalue weighted by Gasteiger charge is -2.35. The SMILES string of the molecule is CCOc1c(CC)cc(CCC(=O)NNC(=O)CCc2cc(C(C)(C)C)c(O)c(C(C)(C)CCC(C)(C)c3cc(CCC(=O)OCCCCCCOC(=O)CCc4cc(C(C)(C)C)c(O)c(C(C)(C)C)c4)cc(C(C)(C)C)c3O)c2)cc1C(C)(C)C. The van der Waals surface area contributed by atoms with Gasteiger partial charge in [0, 0.05) is 42.4 Å². The van der Waals surface area contributed by atoms with Crippen molar-refractivity contribution in [2.24, 2.45) is 0 Å². The highest BCUT2D eigenvalue weighted by molar-refractivity contribution is 5.82. The summed E-state index contributed by atoms with van der Waals surface area (Å²) in [7, 11) is 0. The number of hydrazine groups is 1. The second-order valence-corrected chi connectivity index (χ2v) is 30.5. The Kier molecular flexibility index (Phi) is 25.1. The number of amides is 2. The Hall–Kier alpha value is -6.04. The summed E-state index contributed by atoms with van der Waals surface area (Å²) in [6, 6.07) is 16.3.